The van der Waals surface area contributed by atoms with Gasteiger partial charge in [0.2, 0.25) is 0 Å². The minimum absolute atomic E-state index is 0.426. The van der Waals surface area contributed by atoms with Crippen molar-refractivity contribution in [1.82, 2.24) is 10.2 Å². The lowest BCUT2D eigenvalue weighted by Crippen LogP contribution is -2.51. The van der Waals surface area contributed by atoms with Gasteiger partial charge in [-0.2, -0.15) is 0 Å². The molecular weight excluding hydrogens is 244 g/mol. The van der Waals surface area contributed by atoms with Gasteiger partial charge in [0, 0.05) is 25.7 Å². The van der Waals surface area contributed by atoms with E-state index < -0.39 is 0 Å². The van der Waals surface area contributed by atoms with E-state index >= 15 is 0 Å². The Morgan fingerprint density at radius 3 is 2.45 bits per heavy atom. The minimum Gasteiger partial charge on any atom is -0.316 e. The molecule has 0 amide bonds. The molecule has 2 heteroatoms. The molecule has 0 aromatic heterocycles. The van der Waals surface area contributed by atoms with Gasteiger partial charge < -0.3 is 5.32 Å². The van der Waals surface area contributed by atoms with E-state index in [1.807, 2.05) is 0 Å². The van der Waals surface area contributed by atoms with Gasteiger partial charge in [-0.25, -0.2) is 0 Å². The van der Waals surface area contributed by atoms with E-state index in [9.17, 15) is 0 Å². The molecule has 4 unspecified atom stereocenters. The highest BCUT2D eigenvalue weighted by atomic mass is 15.2. The largest absolute Gasteiger partial charge is 0.316 e. The second-order valence-electron chi connectivity index (χ2n) is 7.73. The minimum atomic E-state index is 0.426. The first-order chi connectivity index (χ1) is 9.41. The maximum Gasteiger partial charge on any atom is 0.00930 e. The van der Waals surface area contributed by atoms with Gasteiger partial charge >= 0.3 is 0 Å². The zero-order valence-corrected chi connectivity index (χ0v) is 14.8. The summed E-state index contributed by atoms with van der Waals surface area (Å²) in [5.74, 6) is 1.70. The molecular formula is C18H38N2. The summed E-state index contributed by atoms with van der Waals surface area (Å²) < 4.78 is 0. The van der Waals surface area contributed by atoms with E-state index in [0.29, 0.717) is 5.41 Å². The highest BCUT2D eigenvalue weighted by Crippen LogP contribution is 2.31. The highest BCUT2D eigenvalue weighted by molar-refractivity contribution is 4.88. The molecule has 20 heavy (non-hydrogen) atoms. The summed E-state index contributed by atoms with van der Waals surface area (Å²) in [6.45, 7) is 19.2. The Bertz CT molecular complexity index is 266. The summed E-state index contributed by atoms with van der Waals surface area (Å²) in [4.78, 5) is 2.77. The van der Waals surface area contributed by atoms with Crippen molar-refractivity contribution in [1.29, 1.82) is 0 Å². The van der Waals surface area contributed by atoms with Gasteiger partial charge in [0.15, 0.2) is 0 Å². The van der Waals surface area contributed by atoms with Crippen LogP contribution in [-0.2, 0) is 0 Å². The molecule has 0 saturated carbocycles. The first kappa shape index (κ1) is 18.0. The summed E-state index contributed by atoms with van der Waals surface area (Å²) in [7, 11) is 0. The molecule has 1 aliphatic rings. The van der Waals surface area contributed by atoms with Gasteiger partial charge in [0.05, 0.1) is 0 Å². The van der Waals surface area contributed by atoms with E-state index in [-0.39, 0.29) is 0 Å². The zero-order valence-electron chi connectivity index (χ0n) is 14.8. The van der Waals surface area contributed by atoms with Crippen LogP contribution in [0.25, 0.3) is 0 Å². The third kappa shape index (κ3) is 5.37. The van der Waals surface area contributed by atoms with E-state index in [1.165, 1.54) is 45.3 Å². The predicted molar refractivity (Wildman–Crippen MR) is 90.2 cm³/mol. The molecule has 2 nitrogen and oxygen atoms in total. The smallest absolute Gasteiger partial charge is 0.00930 e. The maximum absolute atomic E-state index is 3.66. The molecule has 4 atom stereocenters. The Labute approximate surface area is 127 Å². The normalized spacial score (nSPS) is 31.2. The summed E-state index contributed by atoms with van der Waals surface area (Å²) in [6.07, 6.45) is 5.25. The number of hydrogen-bond acceptors (Lipinski definition) is 2. The lowest BCUT2D eigenvalue weighted by atomic mass is 9.80. The topological polar surface area (TPSA) is 15.3 Å². The van der Waals surface area contributed by atoms with Crippen molar-refractivity contribution in [2.45, 2.75) is 73.3 Å². The Balaban J connectivity index is 2.62. The van der Waals surface area contributed by atoms with Crippen LogP contribution in [0.15, 0.2) is 0 Å². The van der Waals surface area contributed by atoms with E-state index in [0.717, 1.165) is 24.4 Å². The molecule has 0 aromatic carbocycles. The fourth-order valence-electron chi connectivity index (χ4n) is 3.93. The van der Waals surface area contributed by atoms with Crippen LogP contribution in [0.3, 0.4) is 0 Å². The Kier molecular flexibility index (Phi) is 7.53. The number of nitrogens with one attached hydrogen (secondary N) is 1. The number of rotatable bonds is 8. The molecule has 0 aromatic rings. The zero-order chi connectivity index (χ0) is 15.2. The summed E-state index contributed by atoms with van der Waals surface area (Å²) >= 11 is 0. The first-order valence-electron chi connectivity index (χ1n) is 8.86. The van der Waals surface area contributed by atoms with Crippen LogP contribution in [0, 0.1) is 17.3 Å². The molecule has 1 heterocycles. The van der Waals surface area contributed by atoms with Crippen molar-refractivity contribution in [3.05, 3.63) is 0 Å². The van der Waals surface area contributed by atoms with Crippen LogP contribution < -0.4 is 5.32 Å². The number of likely N-dealkylation sites (tertiary alicyclic amines) is 1. The summed E-state index contributed by atoms with van der Waals surface area (Å²) in [5.41, 5.74) is 0.426. The number of hydrogen-bond donors (Lipinski definition) is 1. The van der Waals surface area contributed by atoms with Crippen LogP contribution in [-0.4, -0.2) is 37.1 Å². The third-order valence-electron chi connectivity index (χ3n) is 5.14. The molecule has 0 spiro atoms. The molecule has 0 bridgehead atoms. The van der Waals surface area contributed by atoms with Crippen molar-refractivity contribution in [3.63, 3.8) is 0 Å². The SMILES string of the molecule is CCCNCC(C)(CCC)CN1CC(C)CC(C)C1C. The lowest BCUT2D eigenvalue weighted by Gasteiger charge is -2.45. The maximum atomic E-state index is 3.66. The van der Waals surface area contributed by atoms with E-state index in [1.54, 1.807) is 0 Å². The molecule has 1 rings (SSSR count). The van der Waals surface area contributed by atoms with Crippen LogP contribution in [0.4, 0.5) is 0 Å². The van der Waals surface area contributed by atoms with Gasteiger partial charge in [-0.1, -0.05) is 41.0 Å². The molecule has 1 saturated heterocycles. The van der Waals surface area contributed by atoms with Gasteiger partial charge in [0.1, 0.15) is 0 Å². The third-order valence-corrected chi connectivity index (χ3v) is 5.14. The van der Waals surface area contributed by atoms with Crippen LogP contribution in [0.1, 0.15) is 67.2 Å². The van der Waals surface area contributed by atoms with Gasteiger partial charge in [-0.3, -0.25) is 4.90 Å². The Hall–Kier alpha value is -0.0800. The fourth-order valence-corrected chi connectivity index (χ4v) is 3.93. The molecule has 1 fully saturated rings. The summed E-state index contributed by atoms with van der Waals surface area (Å²) in [5, 5.41) is 3.66. The van der Waals surface area contributed by atoms with Gasteiger partial charge in [-0.15, -0.1) is 0 Å². The summed E-state index contributed by atoms with van der Waals surface area (Å²) in [6, 6.07) is 0.744. The molecule has 0 aliphatic carbocycles. The second-order valence-corrected chi connectivity index (χ2v) is 7.73. The van der Waals surface area contributed by atoms with Crippen LogP contribution >= 0.6 is 0 Å². The monoisotopic (exact) mass is 282 g/mol. The quantitative estimate of drug-likeness (QED) is 0.673. The molecule has 1 N–H and O–H groups in total. The van der Waals surface area contributed by atoms with Gasteiger partial charge in [-0.05, 0) is 50.0 Å². The van der Waals surface area contributed by atoms with E-state index in [4.69, 9.17) is 0 Å². The average molecular weight is 283 g/mol. The first-order valence-corrected chi connectivity index (χ1v) is 8.86. The van der Waals surface area contributed by atoms with E-state index in [2.05, 4.69) is 51.8 Å². The molecule has 120 valence electrons. The van der Waals surface area contributed by atoms with Crippen molar-refractivity contribution >= 4 is 0 Å². The number of piperidine rings is 1. The number of nitrogens with zero attached hydrogens (tertiary/aromatic N) is 1. The van der Waals surface area contributed by atoms with Crippen LogP contribution in [0.5, 0.6) is 0 Å². The lowest BCUT2D eigenvalue weighted by molar-refractivity contribution is 0.0379. The van der Waals surface area contributed by atoms with Crippen molar-refractivity contribution in [3.8, 4) is 0 Å². The van der Waals surface area contributed by atoms with Crippen molar-refractivity contribution in [2.75, 3.05) is 26.2 Å². The standard InChI is InChI=1S/C18H38N2/c1-7-9-18(6,13-19-10-8-2)14-20-12-15(3)11-16(4)17(20)5/h15-17,19H,7-14H2,1-6H3. The highest BCUT2D eigenvalue weighted by Gasteiger charge is 2.33. The Morgan fingerprint density at radius 2 is 1.85 bits per heavy atom. The van der Waals surface area contributed by atoms with Crippen LogP contribution in [0.2, 0.25) is 0 Å². The fraction of sp³-hybridized carbons (Fsp3) is 1.00. The predicted octanol–water partition coefficient (Wildman–Crippen LogP) is 4.16. The molecule has 0 radical (unpaired) electrons. The second kappa shape index (κ2) is 8.38. The Morgan fingerprint density at radius 1 is 1.15 bits per heavy atom. The molecule has 1 aliphatic heterocycles. The van der Waals surface area contributed by atoms with Crippen molar-refractivity contribution < 1.29 is 0 Å². The van der Waals surface area contributed by atoms with Crippen molar-refractivity contribution in [2.24, 2.45) is 17.3 Å². The average Bonchev–Trinajstić information content (AvgIpc) is 2.36. The van der Waals surface area contributed by atoms with Gasteiger partial charge in [0.25, 0.3) is 0 Å².